The molecular formula is C14H17N3O2S. The molecule has 1 atom stereocenters. The maximum atomic E-state index is 11.8. The summed E-state index contributed by atoms with van der Waals surface area (Å²) >= 11 is 0. The lowest BCUT2D eigenvalue weighted by atomic mass is 10.2. The van der Waals surface area contributed by atoms with Crippen molar-refractivity contribution < 1.29 is 8.42 Å². The number of sulfone groups is 1. The van der Waals surface area contributed by atoms with Gasteiger partial charge in [0.2, 0.25) is 0 Å². The zero-order chi connectivity index (χ0) is 15.1. The first-order valence-corrected chi connectivity index (χ1v) is 8.32. The van der Waals surface area contributed by atoms with Crippen LogP contribution < -0.4 is 0 Å². The summed E-state index contributed by atoms with van der Waals surface area (Å²) in [6.45, 7) is 5.61. The summed E-state index contributed by atoms with van der Waals surface area (Å²) in [7, 11) is -3.22. The van der Waals surface area contributed by atoms with Crippen LogP contribution in [0.15, 0.2) is 18.2 Å². The molecule has 0 saturated carbocycles. The smallest absolute Gasteiger partial charge is 0.157 e. The molecule has 20 heavy (non-hydrogen) atoms. The van der Waals surface area contributed by atoms with Gasteiger partial charge in [-0.25, -0.2) is 13.4 Å². The first-order chi connectivity index (χ1) is 9.25. The number of nitrogens with zero attached hydrogens (tertiary/aromatic N) is 3. The first kappa shape index (κ1) is 14.5. The summed E-state index contributed by atoms with van der Waals surface area (Å²) in [6, 6.07) is 7.39. The largest absolute Gasteiger partial charge is 0.324 e. The fourth-order valence-corrected chi connectivity index (χ4v) is 2.76. The Morgan fingerprint density at radius 2 is 1.95 bits per heavy atom. The Labute approximate surface area is 118 Å². The molecule has 1 aromatic heterocycles. The first-order valence-electron chi connectivity index (χ1n) is 6.36. The molecule has 1 heterocycles. The topological polar surface area (TPSA) is 75.8 Å². The van der Waals surface area contributed by atoms with Gasteiger partial charge in [-0.3, -0.25) is 0 Å². The third-order valence-electron chi connectivity index (χ3n) is 3.37. The number of aromatic nitrogens is 2. The van der Waals surface area contributed by atoms with Gasteiger partial charge in [0.05, 0.1) is 22.7 Å². The molecule has 2 rings (SSSR count). The Bertz CT molecular complexity index is 798. The van der Waals surface area contributed by atoms with E-state index in [0.29, 0.717) is 16.9 Å². The molecule has 2 aromatic rings. The third kappa shape index (κ3) is 2.41. The van der Waals surface area contributed by atoms with Gasteiger partial charge in [-0.05, 0) is 39.0 Å². The summed E-state index contributed by atoms with van der Waals surface area (Å²) in [4.78, 5) is 4.44. The fourth-order valence-electron chi connectivity index (χ4n) is 2.21. The molecule has 0 saturated heterocycles. The summed E-state index contributed by atoms with van der Waals surface area (Å²) < 4.78 is 25.5. The molecular weight excluding hydrogens is 274 g/mol. The average Bonchev–Trinajstić information content (AvgIpc) is 2.74. The lowest BCUT2D eigenvalue weighted by Gasteiger charge is -2.16. The van der Waals surface area contributed by atoms with E-state index in [1.165, 1.54) is 6.26 Å². The van der Waals surface area contributed by atoms with E-state index in [9.17, 15) is 8.42 Å². The Hall–Kier alpha value is -1.87. The second-order valence-electron chi connectivity index (χ2n) is 5.22. The van der Waals surface area contributed by atoms with E-state index >= 15 is 0 Å². The van der Waals surface area contributed by atoms with Crippen molar-refractivity contribution in [3.63, 3.8) is 0 Å². The molecule has 0 aliphatic carbocycles. The van der Waals surface area contributed by atoms with Crippen LogP contribution in [0.5, 0.6) is 0 Å². The number of rotatable bonds is 3. The van der Waals surface area contributed by atoms with Gasteiger partial charge < -0.3 is 4.57 Å². The summed E-state index contributed by atoms with van der Waals surface area (Å²) in [5, 5.41) is 8.26. The standard InChI is InChI=1S/C14H17N3O2S/c1-9(2)17-13-6-5-11(8-15)7-12(13)16-14(17)10(3)20(4,18)19/h5-7,9-10H,1-4H3. The summed E-state index contributed by atoms with van der Waals surface area (Å²) in [5.41, 5.74) is 2.03. The summed E-state index contributed by atoms with van der Waals surface area (Å²) in [6.07, 6.45) is 1.21. The van der Waals surface area contributed by atoms with E-state index in [1.807, 2.05) is 24.5 Å². The van der Waals surface area contributed by atoms with Gasteiger partial charge in [-0.2, -0.15) is 5.26 Å². The molecule has 0 aliphatic rings. The van der Waals surface area contributed by atoms with Crippen molar-refractivity contribution in [1.82, 2.24) is 9.55 Å². The zero-order valence-corrected chi connectivity index (χ0v) is 12.8. The third-order valence-corrected chi connectivity index (χ3v) is 4.86. The number of hydrogen-bond acceptors (Lipinski definition) is 4. The number of hydrogen-bond donors (Lipinski definition) is 0. The van der Waals surface area contributed by atoms with E-state index in [4.69, 9.17) is 5.26 Å². The van der Waals surface area contributed by atoms with Crippen molar-refractivity contribution >= 4 is 20.9 Å². The number of benzene rings is 1. The predicted molar refractivity (Wildman–Crippen MR) is 78.1 cm³/mol. The van der Waals surface area contributed by atoms with Gasteiger partial charge in [0.25, 0.3) is 0 Å². The van der Waals surface area contributed by atoms with Crippen molar-refractivity contribution in [1.29, 1.82) is 5.26 Å². The minimum atomic E-state index is -3.22. The SMILES string of the molecule is CC(C)n1c(C(C)S(C)(=O)=O)nc2cc(C#N)ccc21. The van der Waals surface area contributed by atoms with Crippen molar-refractivity contribution in [2.24, 2.45) is 0 Å². The van der Waals surface area contributed by atoms with Gasteiger partial charge in [0.1, 0.15) is 11.1 Å². The number of imidazole rings is 1. The molecule has 106 valence electrons. The van der Waals surface area contributed by atoms with E-state index < -0.39 is 15.1 Å². The highest BCUT2D eigenvalue weighted by atomic mass is 32.2. The molecule has 1 aromatic carbocycles. The van der Waals surface area contributed by atoms with Gasteiger partial charge in [0, 0.05) is 12.3 Å². The van der Waals surface area contributed by atoms with Crippen LogP contribution >= 0.6 is 0 Å². The minimum absolute atomic E-state index is 0.0899. The zero-order valence-electron chi connectivity index (χ0n) is 12.0. The molecule has 0 fully saturated rings. The monoisotopic (exact) mass is 291 g/mol. The molecule has 0 amide bonds. The second kappa shape index (κ2) is 4.91. The second-order valence-corrected chi connectivity index (χ2v) is 7.59. The van der Waals surface area contributed by atoms with Crippen molar-refractivity contribution in [3.05, 3.63) is 29.6 Å². The lowest BCUT2D eigenvalue weighted by Crippen LogP contribution is -2.15. The highest BCUT2D eigenvalue weighted by molar-refractivity contribution is 7.90. The normalized spacial score (nSPS) is 13.6. The molecule has 0 aliphatic heterocycles. The van der Waals surface area contributed by atoms with Crippen molar-refractivity contribution in [2.45, 2.75) is 32.1 Å². The molecule has 0 N–H and O–H groups in total. The number of nitriles is 1. The van der Waals surface area contributed by atoms with E-state index in [2.05, 4.69) is 11.1 Å². The van der Waals surface area contributed by atoms with E-state index in [1.54, 1.807) is 19.1 Å². The van der Waals surface area contributed by atoms with Gasteiger partial charge in [0.15, 0.2) is 9.84 Å². The van der Waals surface area contributed by atoms with Crippen molar-refractivity contribution in [2.75, 3.05) is 6.26 Å². The van der Waals surface area contributed by atoms with Crippen molar-refractivity contribution in [3.8, 4) is 6.07 Å². The van der Waals surface area contributed by atoms with Gasteiger partial charge >= 0.3 is 0 Å². The molecule has 0 radical (unpaired) electrons. The molecule has 6 heteroatoms. The maximum absolute atomic E-state index is 11.8. The Kier molecular flexibility index (Phi) is 3.57. The minimum Gasteiger partial charge on any atom is -0.324 e. The quantitative estimate of drug-likeness (QED) is 0.871. The highest BCUT2D eigenvalue weighted by Crippen LogP contribution is 2.28. The molecule has 5 nitrogen and oxygen atoms in total. The van der Waals surface area contributed by atoms with Gasteiger partial charge in [-0.15, -0.1) is 0 Å². The Morgan fingerprint density at radius 3 is 2.45 bits per heavy atom. The molecule has 0 spiro atoms. The van der Waals surface area contributed by atoms with Crippen LogP contribution in [0.25, 0.3) is 11.0 Å². The predicted octanol–water partition coefficient (Wildman–Crippen LogP) is 2.59. The van der Waals surface area contributed by atoms with Crippen LogP contribution in [0.4, 0.5) is 0 Å². The van der Waals surface area contributed by atoms with Crippen LogP contribution in [0.3, 0.4) is 0 Å². The van der Waals surface area contributed by atoms with Crippen LogP contribution in [0, 0.1) is 11.3 Å². The summed E-state index contributed by atoms with van der Waals surface area (Å²) in [5.74, 6) is 0.521. The average molecular weight is 291 g/mol. The van der Waals surface area contributed by atoms with Crippen LogP contribution in [0.2, 0.25) is 0 Å². The molecule has 0 bridgehead atoms. The van der Waals surface area contributed by atoms with E-state index in [-0.39, 0.29) is 6.04 Å². The van der Waals surface area contributed by atoms with Crippen LogP contribution in [0.1, 0.15) is 43.5 Å². The van der Waals surface area contributed by atoms with Crippen LogP contribution in [-0.2, 0) is 9.84 Å². The maximum Gasteiger partial charge on any atom is 0.157 e. The van der Waals surface area contributed by atoms with Gasteiger partial charge in [-0.1, -0.05) is 0 Å². The molecule has 1 unspecified atom stereocenters. The fraction of sp³-hybridized carbons (Fsp3) is 0.429. The van der Waals surface area contributed by atoms with Crippen LogP contribution in [-0.4, -0.2) is 24.2 Å². The lowest BCUT2D eigenvalue weighted by molar-refractivity contribution is 0.561. The Balaban J connectivity index is 2.78. The number of fused-ring (bicyclic) bond motifs is 1. The van der Waals surface area contributed by atoms with E-state index in [0.717, 1.165) is 5.52 Å². The highest BCUT2D eigenvalue weighted by Gasteiger charge is 2.25. The Morgan fingerprint density at radius 1 is 1.30 bits per heavy atom.